The Balaban J connectivity index is 1.87. The van der Waals surface area contributed by atoms with Crippen LogP contribution in [-0.2, 0) is 11.2 Å². The van der Waals surface area contributed by atoms with Gasteiger partial charge >= 0.3 is 0 Å². The van der Waals surface area contributed by atoms with Gasteiger partial charge in [0.05, 0.1) is 0 Å². The number of hydrogen-bond donors (Lipinski definition) is 1. The van der Waals surface area contributed by atoms with E-state index >= 15 is 0 Å². The van der Waals surface area contributed by atoms with Gasteiger partial charge in [-0.3, -0.25) is 4.79 Å². The summed E-state index contributed by atoms with van der Waals surface area (Å²) >= 11 is 1.50. The summed E-state index contributed by atoms with van der Waals surface area (Å²) in [4.78, 5) is 14.6. The molecule has 21 heavy (non-hydrogen) atoms. The average Bonchev–Trinajstić information content (AvgIpc) is 2.94. The van der Waals surface area contributed by atoms with Gasteiger partial charge in [0.1, 0.15) is 5.01 Å². The first kappa shape index (κ1) is 15.8. The highest BCUT2D eigenvalue weighted by Crippen LogP contribution is 2.19. The van der Waals surface area contributed by atoms with Crippen LogP contribution in [0.2, 0.25) is 0 Å². The van der Waals surface area contributed by atoms with Crippen molar-refractivity contribution >= 4 is 22.2 Å². The van der Waals surface area contributed by atoms with Crippen LogP contribution in [0.3, 0.4) is 0 Å². The summed E-state index contributed by atoms with van der Waals surface area (Å²) < 4.78 is 1.79. The number of hydrogen-bond acceptors (Lipinski definition) is 6. The molecule has 0 spiro atoms. The molecule has 1 amide bonds. The predicted octanol–water partition coefficient (Wildman–Crippen LogP) is 0.920. The molecule has 7 nitrogen and oxygen atoms in total. The minimum atomic E-state index is 0.0619. The lowest BCUT2D eigenvalue weighted by molar-refractivity contribution is -0.121. The van der Waals surface area contributed by atoms with E-state index in [0.29, 0.717) is 19.4 Å². The molecule has 0 unspecified atom stereocenters. The summed E-state index contributed by atoms with van der Waals surface area (Å²) in [5.74, 6) is 1.21. The Morgan fingerprint density at radius 3 is 2.81 bits per heavy atom. The molecule has 2 rings (SSSR count). The number of amides is 1. The fourth-order valence-electron chi connectivity index (χ4n) is 1.86. The monoisotopic (exact) mass is 310 g/mol. The number of carbonyl (C=O) groups is 1. The number of rotatable bonds is 7. The topological polar surface area (TPSA) is 75.4 Å². The zero-order valence-electron chi connectivity index (χ0n) is 13.0. The molecule has 0 fully saturated rings. The SMILES string of the molecule is CC(C)c1nnc2sc(CCC(=O)NCCN(C)C)nn12. The molecule has 1 N–H and O–H groups in total. The summed E-state index contributed by atoms with van der Waals surface area (Å²) in [6, 6.07) is 0. The highest BCUT2D eigenvalue weighted by Gasteiger charge is 2.14. The smallest absolute Gasteiger partial charge is 0.234 e. The van der Waals surface area contributed by atoms with E-state index in [0.717, 1.165) is 22.3 Å². The van der Waals surface area contributed by atoms with Crippen molar-refractivity contribution in [1.82, 2.24) is 30.0 Å². The number of likely N-dealkylation sites (N-methyl/N-ethyl adjacent to an activating group) is 1. The molecule has 0 aliphatic carbocycles. The summed E-state index contributed by atoms with van der Waals surface area (Å²) in [6.07, 6.45) is 1.09. The molecule has 0 atom stereocenters. The van der Waals surface area contributed by atoms with Crippen LogP contribution >= 0.6 is 11.3 Å². The molecule has 2 heterocycles. The Bertz CT molecular complexity index is 603. The highest BCUT2D eigenvalue weighted by atomic mass is 32.1. The van der Waals surface area contributed by atoms with E-state index in [9.17, 15) is 4.79 Å². The van der Waals surface area contributed by atoms with Crippen LogP contribution in [0, 0.1) is 0 Å². The van der Waals surface area contributed by atoms with Gasteiger partial charge in [0.2, 0.25) is 10.9 Å². The number of carbonyl (C=O) groups excluding carboxylic acids is 1. The van der Waals surface area contributed by atoms with Crippen LogP contribution in [0.4, 0.5) is 0 Å². The van der Waals surface area contributed by atoms with Gasteiger partial charge in [0.15, 0.2) is 5.82 Å². The van der Waals surface area contributed by atoms with Gasteiger partial charge < -0.3 is 10.2 Å². The number of aryl methyl sites for hydroxylation is 1. The molecule has 0 aromatic carbocycles. The zero-order valence-corrected chi connectivity index (χ0v) is 13.8. The molecule has 0 aliphatic heterocycles. The van der Waals surface area contributed by atoms with Crippen LogP contribution in [-0.4, -0.2) is 57.8 Å². The standard InChI is InChI=1S/C13H22N6OS/c1-9(2)12-15-16-13-19(12)17-11(21-13)6-5-10(20)14-7-8-18(3)4/h9H,5-8H2,1-4H3,(H,14,20). The largest absolute Gasteiger partial charge is 0.355 e. The van der Waals surface area contributed by atoms with Gasteiger partial charge in [-0.25, -0.2) is 0 Å². The molecule has 116 valence electrons. The molecule has 0 radical (unpaired) electrons. The molecule has 0 bridgehead atoms. The first-order valence-corrected chi connectivity index (χ1v) is 7.91. The maximum absolute atomic E-state index is 11.7. The van der Waals surface area contributed by atoms with Crippen LogP contribution in [0.5, 0.6) is 0 Å². The first-order valence-electron chi connectivity index (χ1n) is 7.10. The molecule has 2 aromatic heterocycles. The molecular weight excluding hydrogens is 288 g/mol. The third-order valence-electron chi connectivity index (χ3n) is 3.02. The Kier molecular flexibility index (Phi) is 5.24. The second-order valence-corrected chi connectivity index (χ2v) is 6.60. The van der Waals surface area contributed by atoms with Crippen molar-refractivity contribution in [2.45, 2.75) is 32.6 Å². The zero-order chi connectivity index (χ0) is 15.4. The van der Waals surface area contributed by atoms with Crippen LogP contribution in [0.25, 0.3) is 4.96 Å². The molecule has 0 saturated heterocycles. The van der Waals surface area contributed by atoms with Gasteiger partial charge in [0.25, 0.3) is 0 Å². The van der Waals surface area contributed by atoms with Crippen molar-refractivity contribution in [3.63, 3.8) is 0 Å². The van der Waals surface area contributed by atoms with E-state index < -0.39 is 0 Å². The molecule has 8 heteroatoms. The van der Waals surface area contributed by atoms with Gasteiger partial charge in [0, 0.05) is 31.8 Å². The van der Waals surface area contributed by atoms with Crippen LogP contribution in [0.15, 0.2) is 0 Å². The Labute approximate surface area is 128 Å². The van der Waals surface area contributed by atoms with Crippen molar-refractivity contribution in [2.24, 2.45) is 0 Å². The van der Waals surface area contributed by atoms with E-state index in [-0.39, 0.29) is 11.8 Å². The Morgan fingerprint density at radius 2 is 2.14 bits per heavy atom. The lowest BCUT2D eigenvalue weighted by Gasteiger charge is -2.09. The molecule has 0 aliphatic rings. The second-order valence-electron chi connectivity index (χ2n) is 5.56. The number of nitrogens with zero attached hydrogens (tertiary/aromatic N) is 5. The Hall–Kier alpha value is -1.54. The van der Waals surface area contributed by atoms with E-state index in [1.54, 1.807) is 4.52 Å². The minimum Gasteiger partial charge on any atom is -0.355 e. The number of aromatic nitrogens is 4. The maximum Gasteiger partial charge on any atom is 0.234 e. The maximum atomic E-state index is 11.7. The summed E-state index contributed by atoms with van der Waals surface area (Å²) in [5, 5.41) is 16.6. The van der Waals surface area contributed by atoms with Crippen LogP contribution in [0.1, 0.15) is 37.0 Å². The van der Waals surface area contributed by atoms with E-state index in [2.05, 4.69) is 34.5 Å². The number of fused-ring (bicyclic) bond motifs is 1. The van der Waals surface area contributed by atoms with Crippen molar-refractivity contribution in [3.8, 4) is 0 Å². The van der Waals surface area contributed by atoms with Crippen molar-refractivity contribution in [2.75, 3.05) is 27.2 Å². The van der Waals surface area contributed by atoms with Gasteiger partial charge in [-0.15, -0.1) is 10.2 Å². The summed E-state index contributed by atoms with van der Waals surface area (Å²) in [6.45, 7) is 5.65. The fourth-order valence-corrected chi connectivity index (χ4v) is 2.70. The molecular formula is C13H22N6OS. The third kappa shape index (κ3) is 4.21. The lowest BCUT2D eigenvalue weighted by atomic mass is 10.2. The first-order chi connectivity index (χ1) is 9.97. The minimum absolute atomic E-state index is 0.0619. The highest BCUT2D eigenvalue weighted by molar-refractivity contribution is 7.16. The third-order valence-corrected chi connectivity index (χ3v) is 3.98. The van der Waals surface area contributed by atoms with E-state index in [1.165, 1.54) is 11.3 Å². The van der Waals surface area contributed by atoms with E-state index in [4.69, 9.17) is 0 Å². The second kappa shape index (κ2) is 6.95. The average molecular weight is 310 g/mol. The van der Waals surface area contributed by atoms with Gasteiger partial charge in [-0.1, -0.05) is 25.2 Å². The summed E-state index contributed by atoms with van der Waals surface area (Å²) in [5.41, 5.74) is 0. The normalized spacial score (nSPS) is 11.7. The predicted molar refractivity (Wildman–Crippen MR) is 82.6 cm³/mol. The van der Waals surface area contributed by atoms with Gasteiger partial charge in [-0.2, -0.15) is 9.61 Å². The molecule has 0 saturated carbocycles. The van der Waals surface area contributed by atoms with Crippen LogP contribution < -0.4 is 5.32 Å². The van der Waals surface area contributed by atoms with Crippen molar-refractivity contribution in [1.29, 1.82) is 0 Å². The summed E-state index contributed by atoms with van der Waals surface area (Å²) in [7, 11) is 3.97. The lowest BCUT2D eigenvalue weighted by Crippen LogP contribution is -2.31. The number of nitrogens with one attached hydrogen (secondary N) is 1. The Morgan fingerprint density at radius 1 is 1.38 bits per heavy atom. The fraction of sp³-hybridized carbons (Fsp3) is 0.692. The quantitative estimate of drug-likeness (QED) is 0.823. The van der Waals surface area contributed by atoms with Crippen molar-refractivity contribution < 1.29 is 4.79 Å². The molecule has 2 aromatic rings. The van der Waals surface area contributed by atoms with Gasteiger partial charge in [-0.05, 0) is 14.1 Å². The van der Waals surface area contributed by atoms with E-state index in [1.807, 2.05) is 19.0 Å². The van der Waals surface area contributed by atoms with Crippen molar-refractivity contribution in [3.05, 3.63) is 10.8 Å².